The zero-order chi connectivity index (χ0) is 8.55. The largest absolute Gasteiger partial charge is 0.491 e. The first-order chi connectivity index (χ1) is 5.81. The number of hydrogen-bond donors (Lipinski definition) is 1. The topological polar surface area (TPSA) is 29.5 Å². The first-order valence-electron chi connectivity index (χ1n) is 3.78. The summed E-state index contributed by atoms with van der Waals surface area (Å²) < 4.78 is 5.07. The second-order valence-corrected chi connectivity index (χ2v) is 3.61. The molecular weight excluding hydrogens is 171 g/mol. The predicted octanol–water partition coefficient (Wildman–Crippen LogP) is 0.626. The first-order valence-corrected chi connectivity index (χ1v) is 5.00. The van der Waals surface area contributed by atoms with E-state index < -0.39 is 7.12 Å². The van der Waals surface area contributed by atoms with Crippen LogP contribution in [-0.2, 0) is 11.3 Å². The molecule has 0 amide bonds. The molecule has 12 heavy (non-hydrogen) atoms. The van der Waals surface area contributed by atoms with Crippen LogP contribution in [0.2, 0.25) is 0 Å². The van der Waals surface area contributed by atoms with Crippen LogP contribution in [0.1, 0.15) is 5.56 Å². The maximum absolute atomic E-state index is 9.32. The molecule has 0 bridgehead atoms. The highest BCUT2D eigenvalue weighted by Gasteiger charge is 2.26. The van der Waals surface area contributed by atoms with Crippen molar-refractivity contribution >= 4 is 24.3 Å². The highest BCUT2D eigenvalue weighted by molar-refractivity contribution is 7.98. The third-order valence-corrected chi connectivity index (χ3v) is 2.74. The zero-order valence-electron chi connectivity index (χ0n) is 6.78. The summed E-state index contributed by atoms with van der Waals surface area (Å²) in [5, 5.41) is 9.32. The average molecular weight is 180 g/mol. The quantitative estimate of drug-likeness (QED) is 0.507. The summed E-state index contributed by atoms with van der Waals surface area (Å²) in [6.45, 7) is 0.533. The maximum Gasteiger partial charge on any atom is 0.491 e. The van der Waals surface area contributed by atoms with E-state index in [1.165, 1.54) is 4.90 Å². The number of thioether (sulfide) groups is 1. The van der Waals surface area contributed by atoms with Gasteiger partial charge in [0, 0.05) is 4.90 Å². The van der Waals surface area contributed by atoms with E-state index in [1.54, 1.807) is 11.8 Å². The molecule has 0 spiro atoms. The van der Waals surface area contributed by atoms with Gasteiger partial charge in [-0.2, -0.15) is 0 Å². The van der Waals surface area contributed by atoms with Gasteiger partial charge in [-0.1, -0.05) is 6.07 Å². The molecule has 0 unspecified atom stereocenters. The number of benzene rings is 1. The van der Waals surface area contributed by atoms with Gasteiger partial charge in [-0.15, -0.1) is 11.8 Å². The summed E-state index contributed by atoms with van der Waals surface area (Å²) >= 11 is 1.70. The van der Waals surface area contributed by atoms with Gasteiger partial charge in [0.1, 0.15) is 0 Å². The molecule has 2 nitrogen and oxygen atoms in total. The minimum absolute atomic E-state index is 0.533. The van der Waals surface area contributed by atoms with Crippen LogP contribution in [0.15, 0.2) is 23.1 Å². The molecule has 1 aromatic carbocycles. The van der Waals surface area contributed by atoms with E-state index in [9.17, 15) is 5.02 Å². The van der Waals surface area contributed by atoms with Crippen LogP contribution in [-0.4, -0.2) is 18.4 Å². The third-order valence-electron chi connectivity index (χ3n) is 2.01. The summed E-state index contributed by atoms with van der Waals surface area (Å²) in [5.41, 5.74) is 2.02. The van der Waals surface area contributed by atoms with Crippen LogP contribution in [0.5, 0.6) is 0 Å². The monoisotopic (exact) mass is 180 g/mol. The van der Waals surface area contributed by atoms with Crippen LogP contribution in [0.3, 0.4) is 0 Å². The van der Waals surface area contributed by atoms with Gasteiger partial charge in [-0.25, -0.2) is 0 Å². The van der Waals surface area contributed by atoms with Gasteiger partial charge in [-0.05, 0) is 29.4 Å². The fraction of sp³-hybridized carbons (Fsp3) is 0.250. The van der Waals surface area contributed by atoms with E-state index in [2.05, 4.69) is 6.07 Å². The van der Waals surface area contributed by atoms with Gasteiger partial charge in [0.15, 0.2) is 0 Å². The summed E-state index contributed by atoms with van der Waals surface area (Å²) in [4.78, 5) is 1.21. The smallest absolute Gasteiger partial charge is 0.423 e. The summed E-state index contributed by atoms with van der Waals surface area (Å²) in [7, 11) is -0.712. The Kier molecular flexibility index (Phi) is 2.13. The van der Waals surface area contributed by atoms with E-state index in [0.717, 1.165) is 11.0 Å². The van der Waals surface area contributed by atoms with Crippen molar-refractivity contribution in [1.82, 2.24) is 0 Å². The standard InChI is InChI=1S/C8H9BO2S/c1-12-7-2-3-8-6(4-7)5-11-9(8)10/h2-4,10H,5H2,1H3. The normalized spacial score (nSPS) is 15.0. The van der Waals surface area contributed by atoms with Gasteiger partial charge in [0.2, 0.25) is 0 Å². The van der Waals surface area contributed by atoms with Crippen molar-refractivity contribution in [3.8, 4) is 0 Å². The lowest BCUT2D eigenvalue weighted by Gasteiger charge is -1.99. The van der Waals surface area contributed by atoms with Gasteiger partial charge >= 0.3 is 7.12 Å². The minimum atomic E-state index is -0.712. The average Bonchev–Trinajstić information content (AvgIpc) is 2.47. The molecule has 0 saturated carbocycles. The van der Waals surface area contributed by atoms with Crippen LogP contribution in [0.4, 0.5) is 0 Å². The Morgan fingerprint density at radius 1 is 1.58 bits per heavy atom. The maximum atomic E-state index is 9.32. The van der Waals surface area contributed by atoms with E-state index in [4.69, 9.17) is 4.65 Å². The van der Waals surface area contributed by atoms with E-state index in [1.807, 2.05) is 18.4 Å². The Bertz CT molecular complexity index is 303. The molecule has 1 aromatic rings. The van der Waals surface area contributed by atoms with Crippen LogP contribution < -0.4 is 5.46 Å². The Morgan fingerprint density at radius 3 is 3.17 bits per heavy atom. The summed E-state index contributed by atoms with van der Waals surface area (Å²) in [6.07, 6.45) is 2.04. The molecule has 0 radical (unpaired) electrons. The van der Waals surface area contributed by atoms with Gasteiger partial charge in [-0.3, -0.25) is 0 Å². The molecule has 4 heteroatoms. The fourth-order valence-electron chi connectivity index (χ4n) is 1.33. The Hall–Kier alpha value is -0.445. The minimum Gasteiger partial charge on any atom is -0.423 e. The van der Waals surface area contributed by atoms with Crippen molar-refractivity contribution in [2.45, 2.75) is 11.5 Å². The highest BCUT2D eigenvalue weighted by Crippen LogP contribution is 2.18. The number of fused-ring (bicyclic) bond motifs is 1. The molecule has 0 saturated heterocycles. The number of hydrogen-bond acceptors (Lipinski definition) is 3. The van der Waals surface area contributed by atoms with E-state index in [0.29, 0.717) is 6.61 Å². The lowest BCUT2D eigenvalue weighted by atomic mass is 9.80. The third kappa shape index (κ3) is 1.26. The molecule has 0 atom stereocenters. The Balaban J connectivity index is 2.41. The molecule has 1 aliphatic heterocycles. The molecular formula is C8H9BO2S. The van der Waals surface area contributed by atoms with Crippen molar-refractivity contribution in [2.24, 2.45) is 0 Å². The lowest BCUT2D eigenvalue weighted by Crippen LogP contribution is -2.27. The highest BCUT2D eigenvalue weighted by atomic mass is 32.2. The van der Waals surface area contributed by atoms with Gasteiger partial charge in [0.25, 0.3) is 0 Å². The van der Waals surface area contributed by atoms with Gasteiger partial charge < -0.3 is 9.68 Å². The van der Waals surface area contributed by atoms with Crippen LogP contribution in [0, 0.1) is 0 Å². The van der Waals surface area contributed by atoms with E-state index in [-0.39, 0.29) is 0 Å². The van der Waals surface area contributed by atoms with Crippen molar-refractivity contribution in [3.05, 3.63) is 23.8 Å². The predicted molar refractivity (Wildman–Crippen MR) is 50.6 cm³/mol. The van der Waals surface area contributed by atoms with Crippen molar-refractivity contribution in [2.75, 3.05) is 6.26 Å². The van der Waals surface area contributed by atoms with Crippen molar-refractivity contribution < 1.29 is 9.68 Å². The van der Waals surface area contributed by atoms with Crippen molar-refractivity contribution in [1.29, 1.82) is 0 Å². The molecule has 1 aliphatic rings. The lowest BCUT2D eigenvalue weighted by molar-refractivity contribution is 0.275. The second-order valence-electron chi connectivity index (χ2n) is 2.73. The zero-order valence-corrected chi connectivity index (χ0v) is 7.60. The Morgan fingerprint density at radius 2 is 2.42 bits per heavy atom. The molecule has 0 aromatic heterocycles. The SMILES string of the molecule is CSc1ccc2c(c1)COB2O. The summed E-state index contributed by atoms with van der Waals surface area (Å²) in [5.74, 6) is 0. The Labute approximate surface area is 76.1 Å². The molecule has 62 valence electrons. The van der Waals surface area contributed by atoms with Crippen LogP contribution >= 0.6 is 11.8 Å². The fourth-order valence-corrected chi connectivity index (χ4v) is 1.80. The number of rotatable bonds is 1. The first kappa shape index (κ1) is 8.17. The molecule has 1 heterocycles. The molecule has 2 rings (SSSR count). The van der Waals surface area contributed by atoms with Crippen molar-refractivity contribution in [3.63, 3.8) is 0 Å². The summed E-state index contributed by atoms with van der Waals surface area (Å²) in [6, 6.07) is 6.00. The van der Waals surface area contributed by atoms with E-state index >= 15 is 0 Å². The second kappa shape index (κ2) is 3.13. The molecule has 0 aliphatic carbocycles. The van der Waals surface area contributed by atoms with Gasteiger partial charge in [0.05, 0.1) is 6.61 Å². The van der Waals surface area contributed by atoms with Crippen LogP contribution in [0.25, 0.3) is 0 Å². The molecule has 1 N–H and O–H groups in total. The molecule has 0 fully saturated rings.